The number of anilines is 1. The summed E-state index contributed by atoms with van der Waals surface area (Å²) in [4.78, 5) is 12.9. The fourth-order valence-corrected chi connectivity index (χ4v) is 3.68. The Bertz CT molecular complexity index is 1230. The Morgan fingerprint density at radius 3 is 2.63 bits per heavy atom. The second-order valence-corrected chi connectivity index (χ2v) is 7.04. The van der Waals surface area contributed by atoms with Gasteiger partial charge in [0.15, 0.2) is 0 Å². The number of carbonyl (C=O) groups is 1. The van der Waals surface area contributed by atoms with Crippen molar-refractivity contribution >= 4 is 34.4 Å². The second kappa shape index (κ2) is 6.48. The minimum Gasteiger partial charge on any atom is -0.478 e. The third-order valence-corrected chi connectivity index (χ3v) is 5.20. The van der Waals surface area contributed by atoms with Crippen molar-refractivity contribution in [3.63, 3.8) is 0 Å². The summed E-state index contributed by atoms with van der Waals surface area (Å²) in [6, 6.07) is 15.7. The third-order valence-electron chi connectivity index (χ3n) is 4.47. The molecule has 4 N–H and O–H groups in total. The second-order valence-electron chi connectivity index (χ2n) is 6.16. The maximum atomic E-state index is 11.9. The number of hydrogen-bond donors (Lipinski definition) is 3. The van der Waals surface area contributed by atoms with Crippen LogP contribution in [-0.4, -0.2) is 17.3 Å². The van der Waals surface area contributed by atoms with Gasteiger partial charge in [0.05, 0.1) is 10.9 Å². The summed E-state index contributed by atoms with van der Waals surface area (Å²) in [6.45, 7) is 0. The van der Waals surface area contributed by atoms with Crippen LogP contribution in [0.25, 0.3) is 33.4 Å². The van der Waals surface area contributed by atoms with Crippen LogP contribution in [0.3, 0.4) is 0 Å². The van der Waals surface area contributed by atoms with E-state index in [2.05, 4.69) is 0 Å². The fourth-order valence-electron chi connectivity index (χ4n) is 3.24. The predicted molar refractivity (Wildman–Crippen MR) is 107 cm³/mol. The van der Waals surface area contributed by atoms with Gasteiger partial charge in [0.2, 0.25) is 0 Å². The first-order chi connectivity index (χ1) is 13.0. The largest absolute Gasteiger partial charge is 0.478 e. The zero-order valence-corrected chi connectivity index (χ0v) is 15.3. The molecule has 0 spiro atoms. The van der Waals surface area contributed by atoms with Crippen LogP contribution in [0, 0.1) is 5.41 Å². The lowest BCUT2D eigenvalue weighted by Gasteiger charge is -2.17. The van der Waals surface area contributed by atoms with Crippen molar-refractivity contribution in [1.29, 1.82) is 5.41 Å². The number of aromatic carboxylic acids is 1. The molecule has 0 saturated carbocycles. The Balaban J connectivity index is 2.21. The van der Waals surface area contributed by atoms with E-state index in [1.165, 1.54) is 0 Å². The van der Waals surface area contributed by atoms with Crippen molar-refractivity contribution in [3.8, 4) is 22.5 Å². The maximum absolute atomic E-state index is 11.9. The van der Waals surface area contributed by atoms with E-state index in [9.17, 15) is 9.90 Å². The third kappa shape index (κ3) is 2.94. The van der Waals surface area contributed by atoms with E-state index >= 15 is 0 Å². The van der Waals surface area contributed by atoms with Crippen LogP contribution in [0.1, 0.15) is 10.4 Å². The number of rotatable bonds is 3. The summed E-state index contributed by atoms with van der Waals surface area (Å²) in [6.07, 6.45) is 1.95. The predicted octanol–water partition coefficient (Wildman–Crippen LogP) is 4.69. The zero-order valence-electron chi connectivity index (χ0n) is 14.4. The molecule has 2 aromatic carbocycles. The summed E-state index contributed by atoms with van der Waals surface area (Å²) >= 11 is 1.55. The Labute approximate surface area is 159 Å². The molecule has 0 fully saturated rings. The van der Waals surface area contributed by atoms with E-state index in [-0.39, 0.29) is 5.56 Å². The first-order valence-electron chi connectivity index (χ1n) is 8.20. The highest BCUT2D eigenvalue weighted by atomic mass is 32.2. The molecular weight excluding hydrogens is 360 g/mol. The van der Waals surface area contributed by atoms with E-state index in [1.807, 2.05) is 18.4 Å². The van der Waals surface area contributed by atoms with Gasteiger partial charge < -0.3 is 20.7 Å². The van der Waals surface area contributed by atoms with E-state index in [0.717, 1.165) is 21.4 Å². The van der Waals surface area contributed by atoms with Crippen LogP contribution in [0.15, 0.2) is 63.9 Å². The van der Waals surface area contributed by atoms with Crippen LogP contribution in [0.2, 0.25) is 0 Å². The molecule has 1 aliphatic carbocycles. The number of nitrogens with two attached hydrogens (primary N) is 1. The Morgan fingerprint density at radius 2 is 1.89 bits per heavy atom. The molecule has 1 heterocycles. The Morgan fingerprint density at radius 1 is 1.07 bits per heavy atom. The van der Waals surface area contributed by atoms with Gasteiger partial charge in [0.1, 0.15) is 11.3 Å². The van der Waals surface area contributed by atoms with Crippen LogP contribution in [0.4, 0.5) is 5.69 Å². The number of nitrogens with one attached hydrogen (secondary N) is 1. The highest BCUT2D eigenvalue weighted by Crippen LogP contribution is 2.42. The van der Waals surface area contributed by atoms with Gasteiger partial charge in [-0.2, -0.15) is 0 Å². The summed E-state index contributed by atoms with van der Waals surface area (Å²) < 4.78 is 5.97. The smallest absolute Gasteiger partial charge is 0.336 e. The first kappa shape index (κ1) is 17.2. The molecule has 0 saturated heterocycles. The lowest BCUT2D eigenvalue weighted by atomic mass is 9.90. The van der Waals surface area contributed by atoms with Gasteiger partial charge in [-0.25, -0.2) is 4.79 Å². The number of carboxylic acid groups (broad SMARTS) is 1. The molecule has 0 radical (unpaired) electrons. The van der Waals surface area contributed by atoms with Gasteiger partial charge >= 0.3 is 5.97 Å². The minimum atomic E-state index is -0.993. The van der Waals surface area contributed by atoms with Crippen molar-refractivity contribution < 1.29 is 14.3 Å². The van der Waals surface area contributed by atoms with Crippen molar-refractivity contribution in [2.75, 3.05) is 12.0 Å². The van der Waals surface area contributed by atoms with Crippen molar-refractivity contribution in [2.45, 2.75) is 4.90 Å². The molecule has 6 heteroatoms. The average Bonchev–Trinajstić information content (AvgIpc) is 2.65. The summed E-state index contributed by atoms with van der Waals surface area (Å²) in [5.74, 6) is -0.478. The normalized spacial score (nSPS) is 11.1. The highest BCUT2D eigenvalue weighted by molar-refractivity contribution is 7.98. The standard InChI is InChI=1S/C21H16N2O3S/c1-27-13-4-7-14(21(24)25)17(10-13)20-15-5-2-11(22)8-18(15)26-19-9-12(23)3-6-16(19)20/h2-10,22H,23H2,1H3,(H,24,25). The molecule has 5 nitrogen and oxygen atoms in total. The van der Waals surface area contributed by atoms with Gasteiger partial charge in [-0.3, -0.25) is 0 Å². The number of nitrogen functional groups attached to an aromatic ring is 1. The van der Waals surface area contributed by atoms with Gasteiger partial charge in [-0.1, -0.05) is 0 Å². The lowest BCUT2D eigenvalue weighted by molar-refractivity contribution is 0.0697. The van der Waals surface area contributed by atoms with E-state index in [1.54, 1.807) is 54.2 Å². The van der Waals surface area contributed by atoms with E-state index in [0.29, 0.717) is 28.0 Å². The number of carboxylic acids is 1. The minimum absolute atomic E-state index is 0.216. The lowest BCUT2D eigenvalue weighted by Crippen LogP contribution is -2.04. The van der Waals surface area contributed by atoms with E-state index < -0.39 is 5.97 Å². The number of fused-ring (bicyclic) bond motifs is 2. The molecule has 0 bridgehead atoms. The summed E-state index contributed by atoms with van der Waals surface area (Å²) in [7, 11) is 0. The molecule has 134 valence electrons. The number of thioether (sulfide) groups is 1. The summed E-state index contributed by atoms with van der Waals surface area (Å²) in [5, 5.41) is 18.7. The van der Waals surface area contributed by atoms with Crippen molar-refractivity contribution in [2.24, 2.45) is 0 Å². The van der Waals surface area contributed by atoms with Crippen molar-refractivity contribution in [3.05, 3.63) is 65.5 Å². The molecular formula is C21H16N2O3S. The monoisotopic (exact) mass is 376 g/mol. The van der Waals surface area contributed by atoms with Gasteiger partial charge in [-0.15, -0.1) is 11.8 Å². The molecule has 0 unspecified atom stereocenters. The molecule has 4 rings (SSSR count). The Hall–Kier alpha value is -3.25. The van der Waals surface area contributed by atoms with Crippen molar-refractivity contribution in [1.82, 2.24) is 0 Å². The SMILES string of the molecule is CSc1ccc(C(=O)O)c(-c2c3ccc(=N)cc-3oc3cc(N)ccc23)c1. The number of benzene rings is 3. The molecule has 2 aromatic rings. The van der Waals surface area contributed by atoms with Gasteiger partial charge in [0.25, 0.3) is 0 Å². The van der Waals surface area contributed by atoms with Crippen LogP contribution in [0.5, 0.6) is 0 Å². The quantitative estimate of drug-likeness (QED) is 0.274. The Kier molecular flexibility index (Phi) is 4.12. The molecule has 0 amide bonds. The van der Waals surface area contributed by atoms with Crippen LogP contribution in [-0.2, 0) is 0 Å². The zero-order chi connectivity index (χ0) is 19.1. The van der Waals surface area contributed by atoms with Gasteiger partial charge in [-0.05, 0) is 54.3 Å². The topological polar surface area (TPSA) is 100 Å². The van der Waals surface area contributed by atoms with Gasteiger partial charge in [0, 0.05) is 39.2 Å². The average molecular weight is 376 g/mol. The first-order valence-corrected chi connectivity index (χ1v) is 9.43. The van der Waals surface area contributed by atoms with Crippen LogP contribution < -0.4 is 11.1 Å². The maximum Gasteiger partial charge on any atom is 0.336 e. The molecule has 2 aliphatic rings. The molecule has 1 aliphatic heterocycles. The highest BCUT2D eigenvalue weighted by Gasteiger charge is 2.21. The molecule has 0 atom stereocenters. The van der Waals surface area contributed by atoms with Crippen LogP contribution >= 0.6 is 11.8 Å². The van der Waals surface area contributed by atoms with E-state index in [4.69, 9.17) is 15.6 Å². The summed E-state index contributed by atoms with van der Waals surface area (Å²) in [5.41, 5.74) is 9.36. The fraction of sp³-hybridized carbons (Fsp3) is 0.0476. The molecule has 0 aromatic heterocycles. The number of hydrogen-bond acceptors (Lipinski definition) is 5. The molecule has 27 heavy (non-hydrogen) atoms.